The van der Waals surface area contributed by atoms with Crippen molar-refractivity contribution >= 4 is 28.9 Å². The predicted octanol–water partition coefficient (Wildman–Crippen LogP) is 2.31. The minimum atomic E-state index is -0.587. The van der Waals surface area contributed by atoms with E-state index in [1.165, 1.54) is 6.07 Å². The summed E-state index contributed by atoms with van der Waals surface area (Å²) >= 11 is 0. The number of ether oxygens (including phenoxy) is 1. The SMILES string of the molecule is NC(=O)COc1ccc(NC(=O)c2ccc(N3CCCC3)c([N+](=O)[O-])c2)cc1. The van der Waals surface area contributed by atoms with E-state index in [1.54, 1.807) is 36.4 Å². The van der Waals surface area contributed by atoms with E-state index in [9.17, 15) is 19.7 Å². The fraction of sp³-hybridized carbons (Fsp3) is 0.263. The van der Waals surface area contributed by atoms with E-state index in [4.69, 9.17) is 10.5 Å². The van der Waals surface area contributed by atoms with Gasteiger partial charge in [0, 0.05) is 30.4 Å². The molecule has 1 fully saturated rings. The topological polar surface area (TPSA) is 128 Å². The number of nitro benzene ring substituents is 1. The van der Waals surface area contributed by atoms with Crippen molar-refractivity contribution in [2.24, 2.45) is 5.73 Å². The monoisotopic (exact) mass is 384 g/mol. The maximum absolute atomic E-state index is 12.5. The van der Waals surface area contributed by atoms with Crippen molar-refractivity contribution in [3.8, 4) is 5.75 Å². The largest absolute Gasteiger partial charge is 0.484 e. The standard InChI is InChI=1S/C19H20N4O5/c20-18(24)12-28-15-6-4-14(5-7-15)21-19(25)13-3-8-16(17(11-13)23(26)27)22-9-1-2-10-22/h3-8,11H,1-2,9-10,12H2,(H2,20,24)(H,21,25). The van der Waals surface area contributed by atoms with E-state index < -0.39 is 16.7 Å². The summed E-state index contributed by atoms with van der Waals surface area (Å²) in [6.45, 7) is 1.31. The second-order valence-electron chi connectivity index (χ2n) is 6.39. The molecule has 0 atom stereocenters. The van der Waals surface area contributed by atoms with Gasteiger partial charge in [0.25, 0.3) is 17.5 Å². The lowest BCUT2D eigenvalue weighted by molar-refractivity contribution is -0.384. The number of rotatable bonds is 7. The van der Waals surface area contributed by atoms with Gasteiger partial charge >= 0.3 is 0 Å². The molecule has 1 heterocycles. The molecule has 146 valence electrons. The number of hydrogen-bond donors (Lipinski definition) is 2. The molecule has 0 aromatic heterocycles. The van der Waals surface area contributed by atoms with Crippen LogP contribution in [-0.4, -0.2) is 36.4 Å². The molecule has 1 aliphatic rings. The Bertz CT molecular complexity index is 892. The Balaban J connectivity index is 1.72. The molecule has 3 N–H and O–H groups in total. The van der Waals surface area contributed by atoms with Crippen molar-refractivity contribution < 1.29 is 19.2 Å². The minimum absolute atomic E-state index is 0.0789. The number of nitrogens with zero attached hydrogens (tertiary/aromatic N) is 2. The van der Waals surface area contributed by atoms with E-state index in [0.29, 0.717) is 17.1 Å². The normalized spacial score (nSPS) is 13.2. The highest BCUT2D eigenvalue weighted by Gasteiger charge is 2.23. The van der Waals surface area contributed by atoms with Gasteiger partial charge in [-0.25, -0.2) is 0 Å². The fourth-order valence-corrected chi connectivity index (χ4v) is 3.03. The molecule has 2 amide bonds. The van der Waals surface area contributed by atoms with Crippen molar-refractivity contribution in [3.05, 3.63) is 58.1 Å². The van der Waals surface area contributed by atoms with Crippen LogP contribution < -0.4 is 20.7 Å². The number of carbonyl (C=O) groups excluding carboxylic acids is 2. The number of amides is 2. The number of benzene rings is 2. The number of primary amides is 1. The third-order valence-corrected chi connectivity index (χ3v) is 4.37. The molecule has 0 unspecified atom stereocenters. The molecule has 0 bridgehead atoms. The molecule has 9 heteroatoms. The van der Waals surface area contributed by atoms with Crippen LogP contribution in [0.1, 0.15) is 23.2 Å². The molecule has 28 heavy (non-hydrogen) atoms. The van der Waals surface area contributed by atoms with Crippen LogP contribution in [0.3, 0.4) is 0 Å². The summed E-state index contributed by atoms with van der Waals surface area (Å²) in [6.07, 6.45) is 2.00. The molecule has 1 saturated heterocycles. The zero-order valence-corrected chi connectivity index (χ0v) is 15.1. The van der Waals surface area contributed by atoms with Crippen molar-refractivity contribution in [1.29, 1.82) is 0 Å². The van der Waals surface area contributed by atoms with Gasteiger partial charge < -0.3 is 20.7 Å². The molecule has 0 spiro atoms. The maximum Gasteiger partial charge on any atom is 0.293 e. The van der Waals surface area contributed by atoms with Crippen LogP contribution in [0, 0.1) is 10.1 Å². The first-order chi connectivity index (χ1) is 13.4. The molecular weight excluding hydrogens is 364 g/mol. The minimum Gasteiger partial charge on any atom is -0.484 e. The van der Waals surface area contributed by atoms with E-state index in [1.807, 2.05) is 4.90 Å². The van der Waals surface area contributed by atoms with Gasteiger partial charge in [0.15, 0.2) is 6.61 Å². The molecule has 3 rings (SSSR count). The summed E-state index contributed by atoms with van der Waals surface area (Å²) < 4.78 is 5.15. The third-order valence-electron chi connectivity index (χ3n) is 4.37. The van der Waals surface area contributed by atoms with E-state index >= 15 is 0 Å². The summed E-state index contributed by atoms with van der Waals surface area (Å²) in [5.41, 5.74) is 6.16. The van der Waals surface area contributed by atoms with E-state index in [0.717, 1.165) is 25.9 Å². The van der Waals surface area contributed by atoms with Crippen LogP contribution >= 0.6 is 0 Å². The van der Waals surface area contributed by atoms with Crippen molar-refractivity contribution in [3.63, 3.8) is 0 Å². The van der Waals surface area contributed by atoms with E-state index in [2.05, 4.69) is 5.32 Å². The molecule has 2 aromatic carbocycles. The Hall–Kier alpha value is -3.62. The van der Waals surface area contributed by atoms with Crippen LogP contribution in [0.25, 0.3) is 0 Å². The second-order valence-corrected chi connectivity index (χ2v) is 6.39. The Morgan fingerprint density at radius 2 is 1.82 bits per heavy atom. The highest BCUT2D eigenvalue weighted by Crippen LogP contribution is 2.32. The Morgan fingerprint density at radius 1 is 1.14 bits per heavy atom. The molecule has 0 radical (unpaired) electrons. The van der Waals surface area contributed by atoms with Crippen LogP contribution in [-0.2, 0) is 4.79 Å². The first-order valence-corrected chi connectivity index (χ1v) is 8.80. The van der Waals surface area contributed by atoms with E-state index in [-0.39, 0.29) is 17.9 Å². The van der Waals surface area contributed by atoms with Gasteiger partial charge in [0.1, 0.15) is 11.4 Å². The predicted molar refractivity (Wildman–Crippen MR) is 104 cm³/mol. The lowest BCUT2D eigenvalue weighted by Gasteiger charge is -2.17. The molecule has 2 aromatic rings. The van der Waals surface area contributed by atoms with Crippen LogP contribution in [0.5, 0.6) is 5.75 Å². The van der Waals surface area contributed by atoms with Gasteiger partial charge in [0.05, 0.1) is 4.92 Å². The Labute approximate surface area is 161 Å². The number of nitro groups is 1. The highest BCUT2D eigenvalue weighted by molar-refractivity contribution is 6.05. The van der Waals surface area contributed by atoms with Gasteiger partial charge in [0.2, 0.25) is 0 Å². The molecule has 9 nitrogen and oxygen atoms in total. The summed E-state index contributed by atoms with van der Waals surface area (Å²) in [5.74, 6) is -0.611. The van der Waals surface area contributed by atoms with Gasteiger partial charge in [-0.3, -0.25) is 19.7 Å². The zero-order valence-electron chi connectivity index (χ0n) is 15.1. The quantitative estimate of drug-likeness (QED) is 0.557. The van der Waals surface area contributed by atoms with Crippen molar-refractivity contribution in [2.75, 3.05) is 29.9 Å². The number of nitrogens with two attached hydrogens (primary N) is 1. The highest BCUT2D eigenvalue weighted by atomic mass is 16.6. The lowest BCUT2D eigenvalue weighted by atomic mass is 10.1. The first-order valence-electron chi connectivity index (χ1n) is 8.80. The van der Waals surface area contributed by atoms with Gasteiger partial charge in [-0.15, -0.1) is 0 Å². The van der Waals surface area contributed by atoms with Crippen molar-refractivity contribution in [1.82, 2.24) is 0 Å². The summed E-state index contributed by atoms with van der Waals surface area (Å²) in [4.78, 5) is 36.2. The lowest BCUT2D eigenvalue weighted by Crippen LogP contribution is -2.20. The van der Waals surface area contributed by atoms with Crippen LogP contribution in [0.15, 0.2) is 42.5 Å². The zero-order chi connectivity index (χ0) is 20.1. The molecule has 0 aliphatic carbocycles. The van der Waals surface area contributed by atoms with Crippen LogP contribution in [0.4, 0.5) is 17.1 Å². The van der Waals surface area contributed by atoms with Gasteiger partial charge in [-0.1, -0.05) is 0 Å². The average molecular weight is 384 g/mol. The smallest absolute Gasteiger partial charge is 0.293 e. The Morgan fingerprint density at radius 3 is 2.43 bits per heavy atom. The molecular formula is C19H20N4O5. The number of anilines is 2. The first kappa shape index (κ1) is 19.2. The van der Waals surface area contributed by atoms with Crippen molar-refractivity contribution in [2.45, 2.75) is 12.8 Å². The second kappa shape index (κ2) is 8.38. The van der Waals surface area contributed by atoms with Gasteiger partial charge in [-0.2, -0.15) is 0 Å². The van der Waals surface area contributed by atoms with Gasteiger partial charge in [-0.05, 0) is 49.2 Å². The summed E-state index contributed by atoms with van der Waals surface area (Å²) in [5, 5.41) is 14.1. The molecule has 1 aliphatic heterocycles. The number of carbonyl (C=O) groups is 2. The third kappa shape index (κ3) is 4.56. The maximum atomic E-state index is 12.5. The summed E-state index contributed by atoms with van der Waals surface area (Å²) in [7, 11) is 0. The average Bonchev–Trinajstić information content (AvgIpc) is 3.21. The summed E-state index contributed by atoms with van der Waals surface area (Å²) in [6, 6.07) is 10.9. The van der Waals surface area contributed by atoms with Crippen LogP contribution in [0.2, 0.25) is 0 Å². The molecule has 0 saturated carbocycles. The number of hydrogen-bond acceptors (Lipinski definition) is 6. The fourth-order valence-electron chi connectivity index (χ4n) is 3.03. The number of nitrogens with one attached hydrogen (secondary N) is 1. The Kier molecular flexibility index (Phi) is 5.73.